The van der Waals surface area contributed by atoms with Gasteiger partial charge in [0.25, 0.3) is 0 Å². The molecule has 5 heteroatoms. The zero-order chi connectivity index (χ0) is 28.7. The van der Waals surface area contributed by atoms with E-state index in [9.17, 15) is 5.26 Å². The molecule has 0 radical (unpaired) electrons. The van der Waals surface area contributed by atoms with Gasteiger partial charge in [0.15, 0.2) is 0 Å². The lowest BCUT2D eigenvalue weighted by molar-refractivity contribution is 0.665. The fraction of sp³-hybridized carbons (Fsp3) is 0. The number of aromatic nitrogens is 1. The number of furan rings is 2. The van der Waals surface area contributed by atoms with E-state index < -0.39 is 0 Å². The highest BCUT2D eigenvalue weighted by molar-refractivity contribution is 6.17. The predicted molar refractivity (Wildman–Crippen MR) is 172 cm³/mol. The molecule has 0 aliphatic carbocycles. The van der Waals surface area contributed by atoms with Gasteiger partial charge in [-0.2, -0.15) is 5.26 Å². The second kappa shape index (κ2) is 8.60. The third kappa shape index (κ3) is 3.19. The number of benzene rings is 6. The fourth-order valence-corrected chi connectivity index (χ4v) is 6.58. The summed E-state index contributed by atoms with van der Waals surface area (Å²) in [5.74, 6) is 0. The highest BCUT2D eigenvalue weighted by atomic mass is 16.3. The molecule has 0 amide bonds. The van der Waals surface area contributed by atoms with Crippen LogP contribution in [-0.4, -0.2) is 4.57 Å². The molecule has 3 heterocycles. The van der Waals surface area contributed by atoms with Crippen LogP contribution in [0.25, 0.3) is 87.3 Å². The zero-order valence-corrected chi connectivity index (χ0v) is 22.6. The van der Waals surface area contributed by atoms with Crippen LogP contribution in [0.1, 0.15) is 5.56 Å². The highest BCUT2D eigenvalue weighted by Gasteiger charge is 2.20. The van der Waals surface area contributed by atoms with Gasteiger partial charge in [-0.05, 0) is 48.0 Å². The largest absolute Gasteiger partial charge is 0.467 e. The van der Waals surface area contributed by atoms with Crippen LogP contribution in [0.3, 0.4) is 0 Å². The van der Waals surface area contributed by atoms with Gasteiger partial charge in [-0.1, -0.05) is 72.8 Å². The van der Waals surface area contributed by atoms with Crippen LogP contribution in [0.15, 0.2) is 124 Å². The molecular weight excluding hydrogens is 530 g/mol. The molecule has 0 saturated carbocycles. The molecule has 0 aliphatic heterocycles. The maximum Gasteiger partial charge on any atom is 0.229 e. The summed E-state index contributed by atoms with van der Waals surface area (Å²) in [6.07, 6.45) is 0. The van der Waals surface area contributed by atoms with Crippen molar-refractivity contribution in [2.24, 2.45) is 0 Å². The molecule has 0 fully saturated rings. The van der Waals surface area contributed by atoms with Gasteiger partial charge < -0.3 is 13.4 Å². The van der Waals surface area contributed by atoms with Crippen molar-refractivity contribution < 1.29 is 8.83 Å². The molecular formula is C38H19N3O2. The Bertz CT molecular complexity index is 2650. The Kier molecular flexibility index (Phi) is 4.68. The van der Waals surface area contributed by atoms with Gasteiger partial charge in [0, 0.05) is 37.9 Å². The van der Waals surface area contributed by atoms with Gasteiger partial charge in [-0.15, -0.1) is 0 Å². The minimum Gasteiger partial charge on any atom is -0.467 e. The van der Waals surface area contributed by atoms with Crippen molar-refractivity contribution in [3.8, 4) is 22.9 Å². The van der Waals surface area contributed by atoms with E-state index in [1.54, 1.807) is 6.07 Å². The van der Waals surface area contributed by atoms with Gasteiger partial charge >= 0.3 is 0 Å². The minimum absolute atomic E-state index is 0.493. The van der Waals surface area contributed by atoms with E-state index in [1.165, 1.54) is 0 Å². The van der Waals surface area contributed by atoms with Crippen LogP contribution in [0.2, 0.25) is 0 Å². The molecule has 0 N–H and O–H groups in total. The molecule has 0 unspecified atom stereocenters. The molecule has 0 atom stereocenters. The lowest BCUT2D eigenvalue weighted by Crippen LogP contribution is -2.00. The summed E-state index contributed by atoms with van der Waals surface area (Å²) in [6.45, 7) is 7.54. The third-order valence-corrected chi connectivity index (χ3v) is 8.46. The summed E-state index contributed by atoms with van der Waals surface area (Å²) < 4.78 is 14.7. The van der Waals surface area contributed by atoms with Crippen LogP contribution in [0.5, 0.6) is 0 Å². The SMILES string of the molecule is [C-]#[N+]c1cccc2c1oc1cc3c(cc12)oc1ccc(-c2cccc(C#N)c2-n2c4ccccc4c4ccccc42)cc13. The van der Waals surface area contributed by atoms with Crippen LogP contribution >= 0.6 is 0 Å². The van der Waals surface area contributed by atoms with E-state index in [0.29, 0.717) is 22.4 Å². The van der Waals surface area contributed by atoms with Crippen LogP contribution in [-0.2, 0) is 0 Å². The van der Waals surface area contributed by atoms with Gasteiger partial charge in [0.1, 0.15) is 28.4 Å². The number of nitriles is 1. The summed E-state index contributed by atoms with van der Waals surface area (Å²) in [7, 11) is 0. The van der Waals surface area contributed by atoms with Crippen molar-refractivity contribution in [2.75, 3.05) is 0 Å². The van der Waals surface area contributed by atoms with E-state index in [-0.39, 0.29) is 0 Å². The molecule has 5 nitrogen and oxygen atoms in total. The molecule has 43 heavy (non-hydrogen) atoms. The van der Waals surface area contributed by atoms with Crippen molar-refractivity contribution in [3.63, 3.8) is 0 Å². The van der Waals surface area contributed by atoms with E-state index in [1.807, 2.05) is 54.6 Å². The molecule has 0 saturated heterocycles. The van der Waals surface area contributed by atoms with Crippen molar-refractivity contribution in [1.82, 2.24) is 4.57 Å². The lowest BCUT2D eigenvalue weighted by Gasteiger charge is -2.16. The topological polar surface area (TPSA) is 59.4 Å². The van der Waals surface area contributed by atoms with Crippen molar-refractivity contribution in [1.29, 1.82) is 5.26 Å². The van der Waals surface area contributed by atoms with Crippen LogP contribution in [0.4, 0.5) is 5.69 Å². The average molecular weight is 550 g/mol. The summed E-state index contributed by atoms with van der Waals surface area (Å²) in [6, 6.07) is 40.8. The summed E-state index contributed by atoms with van der Waals surface area (Å²) in [5, 5.41) is 16.3. The molecule has 0 spiro atoms. The Labute approximate surface area is 244 Å². The highest BCUT2D eigenvalue weighted by Crippen LogP contribution is 2.42. The van der Waals surface area contributed by atoms with Crippen LogP contribution in [0, 0.1) is 17.9 Å². The lowest BCUT2D eigenvalue weighted by atomic mass is 9.98. The maximum atomic E-state index is 10.3. The number of nitrogens with zero attached hydrogens (tertiary/aromatic N) is 3. The molecule has 9 aromatic rings. The smallest absolute Gasteiger partial charge is 0.229 e. The maximum absolute atomic E-state index is 10.3. The Morgan fingerprint density at radius 3 is 2.00 bits per heavy atom. The predicted octanol–water partition coefficient (Wildman–Crippen LogP) is 10.7. The Balaban J connectivity index is 1.33. The molecule has 0 bridgehead atoms. The van der Waals surface area contributed by atoms with Crippen molar-refractivity contribution >= 4 is 71.4 Å². The first-order chi connectivity index (χ1) is 21.2. The summed E-state index contributed by atoms with van der Waals surface area (Å²) >= 11 is 0. The first kappa shape index (κ1) is 23.4. The summed E-state index contributed by atoms with van der Waals surface area (Å²) in [5.41, 5.74) is 8.79. The van der Waals surface area contributed by atoms with E-state index in [0.717, 1.165) is 71.3 Å². The van der Waals surface area contributed by atoms with Gasteiger partial charge in [0.2, 0.25) is 5.69 Å². The normalized spacial score (nSPS) is 11.7. The van der Waals surface area contributed by atoms with Crippen molar-refractivity contribution in [2.45, 2.75) is 0 Å². The number of para-hydroxylation sites is 4. The first-order valence-electron chi connectivity index (χ1n) is 13.9. The third-order valence-electron chi connectivity index (χ3n) is 8.46. The standard InChI is InChI=1S/C38H19N3O2/c1-40-31-13-7-12-27-29-19-35-30(20-36(29)43-38(27)31)28-18-22(16-17-34(28)42-35)24-11-6-8-23(21-39)37(24)41-32-14-4-2-9-25(32)26-10-3-5-15-33(26)41/h2-20H. The average Bonchev–Trinajstić information content (AvgIpc) is 3.72. The molecule has 198 valence electrons. The van der Waals surface area contributed by atoms with E-state index in [2.05, 4.69) is 70.1 Å². The molecule has 3 aromatic heterocycles. The van der Waals surface area contributed by atoms with E-state index in [4.69, 9.17) is 15.4 Å². The fourth-order valence-electron chi connectivity index (χ4n) is 6.58. The number of hydrogen-bond acceptors (Lipinski definition) is 3. The van der Waals surface area contributed by atoms with E-state index >= 15 is 0 Å². The first-order valence-corrected chi connectivity index (χ1v) is 13.9. The second-order valence-electron chi connectivity index (χ2n) is 10.7. The molecule has 6 aromatic carbocycles. The van der Waals surface area contributed by atoms with Crippen molar-refractivity contribution in [3.05, 3.63) is 132 Å². The zero-order valence-electron chi connectivity index (χ0n) is 22.6. The monoisotopic (exact) mass is 549 g/mol. The number of fused-ring (bicyclic) bond motifs is 9. The Hall–Kier alpha value is -6.30. The second-order valence-corrected chi connectivity index (χ2v) is 10.7. The minimum atomic E-state index is 0.493. The quantitative estimate of drug-likeness (QED) is 0.202. The van der Waals surface area contributed by atoms with Gasteiger partial charge in [-0.3, -0.25) is 0 Å². The number of rotatable bonds is 2. The summed E-state index contributed by atoms with van der Waals surface area (Å²) in [4.78, 5) is 3.64. The van der Waals surface area contributed by atoms with Crippen LogP contribution < -0.4 is 0 Å². The van der Waals surface area contributed by atoms with Gasteiger partial charge in [-0.25, -0.2) is 4.85 Å². The Morgan fingerprint density at radius 2 is 1.26 bits per heavy atom. The molecule has 9 rings (SSSR count). The number of hydrogen-bond donors (Lipinski definition) is 0. The molecule has 0 aliphatic rings. The Morgan fingerprint density at radius 1 is 0.605 bits per heavy atom. The van der Waals surface area contributed by atoms with Gasteiger partial charge in [0.05, 0.1) is 28.9 Å².